The van der Waals surface area contributed by atoms with E-state index in [0.717, 1.165) is 35.2 Å². The molecule has 0 amide bonds. The minimum absolute atomic E-state index is 0.0717. The van der Waals surface area contributed by atoms with E-state index in [2.05, 4.69) is 35.1 Å². The van der Waals surface area contributed by atoms with Crippen molar-refractivity contribution in [2.24, 2.45) is 0 Å². The van der Waals surface area contributed by atoms with Crippen LogP contribution in [0, 0.1) is 5.82 Å². The normalized spacial score (nSPS) is 12.6. The van der Waals surface area contributed by atoms with Crippen molar-refractivity contribution in [2.45, 2.75) is 39.2 Å². The van der Waals surface area contributed by atoms with Gasteiger partial charge in [0.2, 0.25) is 0 Å². The summed E-state index contributed by atoms with van der Waals surface area (Å²) < 4.78 is 20.4. The summed E-state index contributed by atoms with van der Waals surface area (Å²) in [5.41, 5.74) is 1.84. The average molecular weight is 354 g/mol. The lowest BCUT2D eigenvalue weighted by Gasteiger charge is -2.19. The molecule has 0 fully saturated rings. The molecular weight excluding hydrogens is 333 g/mol. The van der Waals surface area contributed by atoms with Gasteiger partial charge >= 0.3 is 0 Å². The van der Waals surface area contributed by atoms with Gasteiger partial charge < -0.3 is 9.73 Å². The van der Waals surface area contributed by atoms with Crippen LogP contribution < -0.4 is 5.32 Å². The number of nitrogens with one attached hydrogen (secondary N) is 1. The van der Waals surface area contributed by atoms with Crippen LogP contribution in [0.3, 0.4) is 0 Å². The van der Waals surface area contributed by atoms with Gasteiger partial charge in [-0.05, 0) is 49.2 Å². The van der Waals surface area contributed by atoms with Gasteiger partial charge in [0.1, 0.15) is 11.6 Å². The van der Waals surface area contributed by atoms with Crippen molar-refractivity contribution >= 4 is 15.9 Å². The van der Waals surface area contributed by atoms with Crippen molar-refractivity contribution in [1.82, 2.24) is 5.32 Å². The van der Waals surface area contributed by atoms with E-state index in [1.54, 1.807) is 12.3 Å². The van der Waals surface area contributed by atoms with E-state index in [0.29, 0.717) is 12.0 Å². The molecule has 4 heteroatoms. The first-order chi connectivity index (χ1) is 10.2. The summed E-state index contributed by atoms with van der Waals surface area (Å²) in [5.74, 6) is 0.807. The molecule has 1 atom stereocenters. The highest BCUT2D eigenvalue weighted by Crippen LogP contribution is 2.26. The number of furan rings is 1. The third-order valence-electron chi connectivity index (χ3n) is 3.55. The number of halogens is 2. The fourth-order valence-electron chi connectivity index (χ4n) is 2.48. The maximum atomic E-state index is 14.0. The van der Waals surface area contributed by atoms with Crippen LogP contribution in [0.2, 0.25) is 0 Å². The molecule has 1 aromatic carbocycles. The van der Waals surface area contributed by atoms with E-state index in [4.69, 9.17) is 4.42 Å². The van der Waals surface area contributed by atoms with Gasteiger partial charge in [-0.3, -0.25) is 0 Å². The van der Waals surface area contributed by atoms with E-state index < -0.39 is 0 Å². The molecule has 1 unspecified atom stereocenters. The molecule has 0 bridgehead atoms. The topological polar surface area (TPSA) is 25.2 Å². The zero-order valence-electron chi connectivity index (χ0n) is 12.5. The smallest absolute Gasteiger partial charge is 0.126 e. The Labute approximate surface area is 133 Å². The number of hydrogen-bond donors (Lipinski definition) is 1. The molecule has 114 valence electrons. The Morgan fingerprint density at radius 2 is 2.10 bits per heavy atom. The number of rotatable bonds is 7. The largest absolute Gasteiger partial charge is 0.469 e. The summed E-state index contributed by atoms with van der Waals surface area (Å²) in [4.78, 5) is 0. The summed E-state index contributed by atoms with van der Waals surface area (Å²) in [7, 11) is 0. The molecular formula is C17H21BrFNO. The van der Waals surface area contributed by atoms with Gasteiger partial charge in [0, 0.05) is 22.5 Å². The Kier molecular flexibility index (Phi) is 6.00. The molecule has 0 aliphatic carbocycles. The van der Waals surface area contributed by atoms with Crippen LogP contribution in [-0.4, -0.2) is 6.54 Å². The number of aryl methyl sites for hydroxylation is 1. The Bertz CT molecular complexity index is 582. The molecule has 2 rings (SSSR count). The Hall–Kier alpha value is -1.13. The van der Waals surface area contributed by atoms with Gasteiger partial charge in [-0.25, -0.2) is 4.39 Å². The van der Waals surface area contributed by atoms with Gasteiger partial charge in [-0.2, -0.15) is 0 Å². The highest BCUT2D eigenvalue weighted by molar-refractivity contribution is 9.10. The minimum atomic E-state index is -0.164. The first-order valence-electron chi connectivity index (χ1n) is 7.39. The Morgan fingerprint density at radius 1 is 1.29 bits per heavy atom. The van der Waals surface area contributed by atoms with E-state index >= 15 is 0 Å². The summed E-state index contributed by atoms with van der Waals surface area (Å²) in [6.07, 6.45) is 4.20. The predicted molar refractivity (Wildman–Crippen MR) is 86.9 cm³/mol. The quantitative estimate of drug-likeness (QED) is 0.755. The standard InChI is InChI=1S/C17H21BrFNO/c1-3-8-20-16(14-7-9-21-17(14)4-2)11-12-10-13(18)5-6-15(12)19/h5-7,9-10,16,20H,3-4,8,11H2,1-2H3. The maximum absolute atomic E-state index is 14.0. The second-order valence-electron chi connectivity index (χ2n) is 5.10. The van der Waals surface area contributed by atoms with Crippen LogP contribution >= 0.6 is 15.9 Å². The molecule has 1 heterocycles. The van der Waals surface area contributed by atoms with Gasteiger partial charge in [0.25, 0.3) is 0 Å². The lowest BCUT2D eigenvalue weighted by Crippen LogP contribution is -2.25. The van der Waals surface area contributed by atoms with Crippen LogP contribution in [-0.2, 0) is 12.8 Å². The van der Waals surface area contributed by atoms with E-state index in [-0.39, 0.29) is 11.9 Å². The van der Waals surface area contributed by atoms with Crippen molar-refractivity contribution in [3.8, 4) is 0 Å². The summed E-state index contributed by atoms with van der Waals surface area (Å²) in [6.45, 7) is 5.09. The second kappa shape index (κ2) is 7.76. The third-order valence-corrected chi connectivity index (χ3v) is 4.04. The van der Waals surface area contributed by atoms with Crippen LogP contribution in [0.15, 0.2) is 39.4 Å². The highest BCUT2D eigenvalue weighted by atomic mass is 79.9. The summed E-state index contributed by atoms with van der Waals surface area (Å²) >= 11 is 3.41. The zero-order chi connectivity index (χ0) is 15.2. The molecule has 0 saturated heterocycles. The van der Waals surface area contributed by atoms with E-state index in [1.165, 1.54) is 6.07 Å². The molecule has 0 aliphatic rings. The molecule has 0 saturated carbocycles. The molecule has 21 heavy (non-hydrogen) atoms. The third kappa shape index (κ3) is 4.17. The van der Waals surface area contributed by atoms with Crippen LogP contribution in [0.4, 0.5) is 4.39 Å². The van der Waals surface area contributed by atoms with Crippen LogP contribution in [0.1, 0.15) is 43.2 Å². The van der Waals surface area contributed by atoms with Gasteiger partial charge in [0.15, 0.2) is 0 Å². The molecule has 0 radical (unpaired) electrons. The van der Waals surface area contributed by atoms with Crippen molar-refractivity contribution < 1.29 is 8.81 Å². The van der Waals surface area contributed by atoms with Crippen LogP contribution in [0.25, 0.3) is 0 Å². The monoisotopic (exact) mass is 353 g/mol. The number of benzene rings is 1. The predicted octanol–water partition coefficient (Wildman–Crippen LogP) is 5.03. The SMILES string of the molecule is CCCNC(Cc1cc(Br)ccc1F)c1ccoc1CC. The van der Waals surface area contributed by atoms with Gasteiger partial charge in [-0.15, -0.1) is 0 Å². The Morgan fingerprint density at radius 3 is 2.81 bits per heavy atom. The average Bonchev–Trinajstić information content (AvgIpc) is 2.95. The maximum Gasteiger partial charge on any atom is 0.126 e. The lowest BCUT2D eigenvalue weighted by molar-refractivity contribution is 0.476. The molecule has 1 aromatic heterocycles. The molecule has 0 aliphatic heterocycles. The van der Waals surface area contributed by atoms with Crippen molar-refractivity contribution in [3.05, 3.63) is 57.7 Å². The second-order valence-corrected chi connectivity index (χ2v) is 6.01. The molecule has 2 nitrogen and oxygen atoms in total. The Balaban J connectivity index is 2.26. The van der Waals surface area contributed by atoms with Crippen molar-refractivity contribution in [1.29, 1.82) is 0 Å². The fraction of sp³-hybridized carbons (Fsp3) is 0.412. The first kappa shape index (κ1) is 16.2. The molecule has 2 aromatic rings. The minimum Gasteiger partial charge on any atom is -0.469 e. The zero-order valence-corrected chi connectivity index (χ0v) is 14.0. The first-order valence-corrected chi connectivity index (χ1v) is 8.18. The number of hydrogen-bond acceptors (Lipinski definition) is 2. The van der Waals surface area contributed by atoms with E-state index in [9.17, 15) is 4.39 Å². The summed E-state index contributed by atoms with van der Waals surface area (Å²) in [6, 6.07) is 7.14. The summed E-state index contributed by atoms with van der Waals surface area (Å²) in [5, 5.41) is 3.50. The highest BCUT2D eigenvalue weighted by Gasteiger charge is 2.18. The lowest BCUT2D eigenvalue weighted by atomic mass is 9.98. The van der Waals surface area contributed by atoms with E-state index in [1.807, 2.05) is 12.1 Å². The van der Waals surface area contributed by atoms with Crippen LogP contribution in [0.5, 0.6) is 0 Å². The molecule has 0 spiro atoms. The fourth-order valence-corrected chi connectivity index (χ4v) is 2.89. The van der Waals surface area contributed by atoms with Crippen molar-refractivity contribution in [2.75, 3.05) is 6.54 Å². The molecule has 1 N–H and O–H groups in total. The van der Waals surface area contributed by atoms with Gasteiger partial charge in [-0.1, -0.05) is 29.8 Å². The van der Waals surface area contributed by atoms with Crippen molar-refractivity contribution in [3.63, 3.8) is 0 Å². The van der Waals surface area contributed by atoms with Gasteiger partial charge in [0.05, 0.1) is 6.26 Å².